The van der Waals surface area contributed by atoms with E-state index in [4.69, 9.17) is 19.6 Å². The Kier molecular flexibility index (Phi) is 8.32. The first-order valence-electron chi connectivity index (χ1n) is 18.2. The van der Waals surface area contributed by atoms with Crippen molar-refractivity contribution in [3.63, 3.8) is 0 Å². The number of ether oxygens (including phenoxy) is 2. The zero-order valence-corrected chi connectivity index (χ0v) is 30.1. The quantitative estimate of drug-likeness (QED) is 0.265. The van der Waals surface area contributed by atoms with Gasteiger partial charge in [0.25, 0.3) is 5.56 Å². The molecule has 1 saturated heterocycles. The lowest BCUT2D eigenvalue weighted by Crippen LogP contribution is -2.47. The van der Waals surface area contributed by atoms with Crippen molar-refractivity contribution in [3.05, 3.63) is 88.6 Å². The van der Waals surface area contributed by atoms with E-state index in [2.05, 4.69) is 10.3 Å². The second kappa shape index (κ2) is 13.2. The summed E-state index contributed by atoms with van der Waals surface area (Å²) in [6, 6.07) is 13.4. The molecule has 0 radical (unpaired) electrons. The number of aryl methyl sites for hydroxylation is 2. The molecule has 4 bridgehead atoms. The number of carbonyl (C=O) groups is 1. The molecule has 0 saturated carbocycles. The van der Waals surface area contributed by atoms with Crippen LogP contribution < -0.4 is 20.5 Å². The Bertz CT molecular complexity index is 2510. The summed E-state index contributed by atoms with van der Waals surface area (Å²) in [7, 11) is 3.37. The molecule has 3 aliphatic heterocycles. The van der Waals surface area contributed by atoms with Gasteiger partial charge in [-0.15, -0.1) is 0 Å². The fraction of sp³-hybridized carbons (Fsp3) is 0.359. The molecule has 54 heavy (non-hydrogen) atoms. The van der Waals surface area contributed by atoms with E-state index in [9.17, 15) is 14.0 Å². The smallest absolute Gasteiger partial charge is 0.254 e. The van der Waals surface area contributed by atoms with Crippen LogP contribution in [-0.4, -0.2) is 91.7 Å². The molecular weight excluding hydrogens is 696 g/mol. The number of aromatic nitrogens is 6. The van der Waals surface area contributed by atoms with Crippen LogP contribution in [0.2, 0.25) is 0 Å². The van der Waals surface area contributed by atoms with E-state index >= 15 is 4.39 Å². The number of likely N-dealkylation sites (N-methyl/N-ethyl adjacent to an activating group) is 1. The monoisotopic (exact) mass is 735 g/mol. The van der Waals surface area contributed by atoms with Crippen molar-refractivity contribution < 1.29 is 23.0 Å². The summed E-state index contributed by atoms with van der Waals surface area (Å²) in [6.07, 6.45) is 3.02. The summed E-state index contributed by atoms with van der Waals surface area (Å²) in [4.78, 5) is 42.0. The standard InChI is InChI=1S/C39H39F2N9O4/c1-22-43-30-14-24(41)13-27-29-7-6-8-35(45-29)44-25-16-33(39(52)46(2)20-26(53-3)21-48(22)37(27)30)49(19-25)32-17-36(51)47-11-4-5-12-54-34-15-23(40)9-10-31(34)50-38(47)28(32)18-42-50/h6-10,13-15,17-18,25-26,33H,4-5,11-12,16,19-21H2,1-3H3,(H,44,45)/t25-,26-,33-/m0/s1. The molecule has 278 valence electrons. The van der Waals surface area contributed by atoms with Crippen molar-refractivity contribution in [2.75, 3.05) is 44.1 Å². The number of hydrogen-bond acceptors (Lipinski definition) is 9. The first-order chi connectivity index (χ1) is 26.2. The Morgan fingerprint density at radius 2 is 1.81 bits per heavy atom. The fourth-order valence-corrected chi connectivity index (χ4v) is 8.27. The van der Waals surface area contributed by atoms with E-state index in [0.29, 0.717) is 102 Å². The van der Waals surface area contributed by atoms with Crippen LogP contribution in [0.4, 0.5) is 20.3 Å². The number of pyridine rings is 2. The number of halogens is 2. The second-order valence-corrected chi connectivity index (χ2v) is 14.3. The fourth-order valence-electron chi connectivity index (χ4n) is 8.27. The molecule has 0 aliphatic carbocycles. The maximum absolute atomic E-state index is 15.0. The summed E-state index contributed by atoms with van der Waals surface area (Å²) < 4.78 is 46.7. The van der Waals surface area contributed by atoms with E-state index < -0.39 is 23.8 Å². The predicted molar refractivity (Wildman–Crippen MR) is 199 cm³/mol. The van der Waals surface area contributed by atoms with Crippen LogP contribution in [0, 0.1) is 18.6 Å². The predicted octanol–water partition coefficient (Wildman–Crippen LogP) is 4.90. The topological polar surface area (TPSA) is 125 Å². The van der Waals surface area contributed by atoms with Crippen molar-refractivity contribution in [1.82, 2.24) is 33.8 Å². The van der Waals surface area contributed by atoms with Gasteiger partial charge in [-0.25, -0.2) is 23.4 Å². The van der Waals surface area contributed by atoms with Crippen LogP contribution in [0.5, 0.6) is 5.75 Å². The average molecular weight is 736 g/mol. The molecule has 1 amide bonds. The molecule has 3 atom stereocenters. The molecule has 15 heteroatoms. The Hall–Kier alpha value is -5.83. The number of amides is 1. The highest BCUT2D eigenvalue weighted by Crippen LogP contribution is 2.37. The van der Waals surface area contributed by atoms with Crippen molar-refractivity contribution in [1.29, 1.82) is 0 Å². The van der Waals surface area contributed by atoms with Gasteiger partial charge in [-0.1, -0.05) is 6.07 Å². The number of fused-ring (bicyclic) bond motifs is 7. The maximum atomic E-state index is 15.0. The number of nitrogens with one attached hydrogen (secondary N) is 1. The minimum absolute atomic E-state index is 0.138. The van der Waals surface area contributed by atoms with Gasteiger partial charge in [0.1, 0.15) is 46.4 Å². The van der Waals surface area contributed by atoms with Crippen LogP contribution in [0.3, 0.4) is 0 Å². The molecule has 0 unspecified atom stereocenters. The Morgan fingerprint density at radius 1 is 0.944 bits per heavy atom. The molecule has 9 rings (SSSR count). The van der Waals surface area contributed by atoms with E-state index in [1.54, 1.807) is 46.6 Å². The molecule has 3 aliphatic rings. The third kappa shape index (κ3) is 5.73. The summed E-state index contributed by atoms with van der Waals surface area (Å²) in [6.45, 7) is 3.67. The summed E-state index contributed by atoms with van der Waals surface area (Å²) in [5.74, 6) is 0.588. The Morgan fingerprint density at radius 3 is 2.67 bits per heavy atom. The van der Waals surface area contributed by atoms with Crippen molar-refractivity contribution in [3.8, 4) is 22.7 Å². The first kappa shape index (κ1) is 34.0. The van der Waals surface area contributed by atoms with Gasteiger partial charge in [0.15, 0.2) is 0 Å². The minimum atomic E-state index is -0.656. The van der Waals surface area contributed by atoms with Crippen molar-refractivity contribution in [2.24, 2.45) is 0 Å². The zero-order chi connectivity index (χ0) is 37.2. The van der Waals surface area contributed by atoms with Gasteiger partial charge in [0.2, 0.25) is 5.91 Å². The largest absolute Gasteiger partial charge is 0.491 e. The van der Waals surface area contributed by atoms with Gasteiger partial charge < -0.3 is 29.2 Å². The third-order valence-electron chi connectivity index (χ3n) is 10.8. The summed E-state index contributed by atoms with van der Waals surface area (Å²) in [5.41, 5.74) is 3.81. The highest BCUT2D eigenvalue weighted by Gasteiger charge is 2.40. The first-order valence-corrected chi connectivity index (χ1v) is 18.2. The number of carbonyl (C=O) groups excluding carboxylic acids is 1. The second-order valence-electron chi connectivity index (χ2n) is 14.3. The van der Waals surface area contributed by atoms with E-state index in [-0.39, 0.29) is 24.1 Å². The van der Waals surface area contributed by atoms with Crippen LogP contribution >= 0.6 is 0 Å². The lowest BCUT2D eigenvalue weighted by Gasteiger charge is -2.31. The van der Waals surface area contributed by atoms with Gasteiger partial charge in [-0.3, -0.25) is 14.2 Å². The van der Waals surface area contributed by atoms with Crippen LogP contribution in [0.1, 0.15) is 25.1 Å². The number of hydrogen-bond donors (Lipinski definition) is 1. The number of anilines is 2. The Balaban J connectivity index is 1.18. The van der Waals surface area contributed by atoms with Crippen molar-refractivity contribution >= 4 is 39.5 Å². The van der Waals surface area contributed by atoms with Crippen LogP contribution in [-0.2, 0) is 22.6 Å². The van der Waals surface area contributed by atoms with Gasteiger partial charge in [-0.05, 0) is 56.5 Å². The van der Waals surface area contributed by atoms with Crippen LogP contribution in [0.25, 0.3) is 39.0 Å². The molecule has 1 N–H and O–H groups in total. The number of nitrogens with zero attached hydrogens (tertiary/aromatic N) is 8. The van der Waals surface area contributed by atoms with Gasteiger partial charge in [-0.2, -0.15) is 5.10 Å². The van der Waals surface area contributed by atoms with Gasteiger partial charge in [0.05, 0.1) is 53.3 Å². The highest BCUT2D eigenvalue weighted by atomic mass is 19.1. The molecule has 13 nitrogen and oxygen atoms in total. The molecular formula is C39H39F2N9O4. The van der Waals surface area contributed by atoms with Gasteiger partial charge >= 0.3 is 0 Å². The van der Waals surface area contributed by atoms with Crippen LogP contribution in [0.15, 0.2) is 65.6 Å². The summed E-state index contributed by atoms with van der Waals surface area (Å²) >= 11 is 0. The number of rotatable bonds is 2. The molecule has 1 fully saturated rings. The molecule has 2 aromatic carbocycles. The highest BCUT2D eigenvalue weighted by molar-refractivity contribution is 5.95. The lowest BCUT2D eigenvalue weighted by molar-refractivity contribution is -0.132. The zero-order valence-electron chi connectivity index (χ0n) is 30.1. The lowest BCUT2D eigenvalue weighted by atomic mass is 10.1. The molecule has 4 aromatic heterocycles. The van der Waals surface area contributed by atoms with Crippen molar-refractivity contribution in [2.45, 2.75) is 57.5 Å². The molecule has 7 heterocycles. The molecule has 6 aromatic rings. The SMILES string of the molecule is CO[C@H]1CN(C)C(=O)[C@@H]2C[C@@H](CN2c2cc(=O)n3c4c2cnn4-c2ccc(F)cc2OCCCC3)Nc2cccc(n2)-c2cc(F)cc3nc(C)n(c23)C1. The Labute approximate surface area is 308 Å². The number of benzene rings is 2. The van der Waals surface area contributed by atoms with E-state index in [0.717, 1.165) is 5.52 Å². The molecule has 0 spiro atoms. The maximum Gasteiger partial charge on any atom is 0.254 e. The van der Waals surface area contributed by atoms with Gasteiger partial charge in [0, 0.05) is 63.6 Å². The number of methoxy groups -OCH3 is 1. The summed E-state index contributed by atoms with van der Waals surface area (Å²) in [5, 5.41) is 8.94. The number of imidazole rings is 1. The minimum Gasteiger partial charge on any atom is -0.491 e. The average Bonchev–Trinajstić information content (AvgIpc) is 3.86. The van der Waals surface area contributed by atoms with E-state index in [1.165, 1.54) is 24.3 Å². The normalized spacial score (nSPS) is 20.3. The van der Waals surface area contributed by atoms with E-state index in [1.807, 2.05) is 34.6 Å². The third-order valence-corrected chi connectivity index (χ3v) is 10.8.